The lowest BCUT2D eigenvalue weighted by Crippen LogP contribution is -2.46. The number of hydrogen-bond acceptors (Lipinski definition) is 3. The molecule has 6 nitrogen and oxygen atoms in total. The topological polar surface area (TPSA) is 89.9 Å². The first-order valence-electron chi connectivity index (χ1n) is 6.71. The van der Waals surface area contributed by atoms with Crippen LogP contribution in [0.4, 0.5) is 4.79 Å². The summed E-state index contributed by atoms with van der Waals surface area (Å²) >= 11 is 0. The number of aliphatic carboxylic acids is 1. The highest BCUT2D eigenvalue weighted by Crippen LogP contribution is 2.27. The Hall–Kier alpha value is -1.30. The van der Waals surface area contributed by atoms with E-state index in [0.717, 1.165) is 12.8 Å². The molecule has 0 aromatic rings. The number of urea groups is 1. The van der Waals surface area contributed by atoms with Gasteiger partial charge in [-0.1, -0.05) is 13.8 Å². The third-order valence-corrected chi connectivity index (χ3v) is 3.68. The van der Waals surface area contributed by atoms with Crippen LogP contribution in [0.15, 0.2) is 0 Å². The van der Waals surface area contributed by atoms with Crippen molar-refractivity contribution in [2.45, 2.75) is 32.8 Å². The Morgan fingerprint density at radius 1 is 1.37 bits per heavy atom. The third kappa shape index (κ3) is 4.70. The van der Waals surface area contributed by atoms with Crippen LogP contribution in [0.1, 0.15) is 26.7 Å². The molecular formula is C13H24N2O4. The van der Waals surface area contributed by atoms with Gasteiger partial charge in [-0.15, -0.1) is 0 Å². The summed E-state index contributed by atoms with van der Waals surface area (Å²) in [5.41, 5.74) is 0. The summed E-state index contributed by atoms with van der Waals surface area (Å²) in [5, 5.41) is 20.9. The van der Waals surface area contributed by atoms with E-state index in [-0.39, 0.29) is 24.6 Å². The minimum atomic E-state index is -0.889. The Kier molecular flexibility index (Phi) is 5.60. The van der Waals surface area contributed by atoms with Crippen LogP contribution in [-0.4, -0.2) is 53.4 Å². The molecule has 6 heteroatoms. The van der Waals surface area contributed by atoms with Gasteiger partial charge < -0.3 is 20.4 Å². The monoisotopic (exact) mass is 272 g/mol. The highest BCUT2D eigenvalue weighted by atomic mass is 16.4. The van der Waals surface area contributed by atoms with Crippen LogP contribution in [0, 0.1) is 17.8 Å². The molecule has 3 N–H and O–H groups in total. The van der Waals surface area contributed by atoms with Gasteiger partial charge in [-0.05, 0) is 24.7 Å². The van der Waals surface area contributed by atoms with Crippen LogP contribution in [0.25, 0.3) is 0 Å². The van der Waals surface area contributed by atoms with Gasteiger partial charge in [0.2, 0.25) is 0 Å². The molecule has 1 atom stereocenters. The van der Waals surface area contributed by atoms with E-state index in [1.54, 1.807) is 11.9 Å². The Labute approximate surface area is 113 Å². The number of carboxylic acids is 1. The van der Waals surface area contributed by atoms with Crippen molar-refractivity contribution in [1.29, 1.82) is 0 Å². The minimum absolute atomic E-state index is 0.0233. The van der Waals surface area contributed by atoms with Gasteiger partial charge in [-0.3, -0.25) is 4.79 Å². The van der Waals surface area contributed by atoms with E-state index in [0.29, 0.717) is 12.5 Å². The van der Waals surface area contributed by atoms with E-state index >= 15 is 0 Å². The second-order valence-electron chi connectivity index (χ2n) is 5.75. The lowest BCUT2D eigenvalue weighted by molar-refractivity contribution is -0.142. The summed E-state index contributed by atoms with van der Waals surface area (Å²) in [5.74, 6) is -1.13. The predicted octanol–water partition coefficient (Wildman–Crippen LogP) is 0.755. The van der Waals surface area contributed by atoms with Crippen LogP contribution < -0.4 is 5.32 Å². The van der Waals surface area contributed by atoms with Gasteiger partial charge in [-0.2, -0.15) is 0 Å². The van der Waals surface area contributed by atoms with Gasteiger partial charge in [0, 0.05) is 20.1 Å². The maximum Gasteiger partial charge on any atom is 0.317 e. The van der Waals surface area contributed by atoms with E-state index in [1.165, 1.54) is 0 Å². The first-order valence-corrected chi connectivity index (χ1v) is 6.71. The van der Waals surface area contributed by atoms with Crippen molar-refractivity contribution < 1.29 is 19.8 Å². The maximum atomic E-state index is 11.8. The average Bonchev–Trinajstić information content (AvgIpc) is 2.25. The predicted molar refractivity (Wildman–Crippen MR) is 70.7 cm³/mol. The average molecular weight is 272 g/mol. The van der Waals surface area contributed by atoms with Gasteiger partial charge in [0.15, 0.2) is 0 Å². The van der Waals surface area contributed by atoms with E-state index in [2.05, 4.69) is 5.32 Å². The Morgan fingerprint density at radius 3 is 2.37 bits per heavy atom. The number of carboxylic acid groups (broad SMARTS) is 1. The first-order chi connectivity index (χ1) is 8.81. The standard InChI is InChI=1S/C13H24N2O4/c1-8(2)11(12(17)18)6-14-13(19)15(3)7-9-4-10(16)5-9/h8-11,16H,4-7H2,1-3H3,(H,14,19)(H,17,18). The number of nitrogens with zero attached hydrogens (tertiary/aromatic N) is 1. The molecule has 1 aliphatic rings. The van der Waals surface area contributed by atoms with Crippen molar-refractivity contribution >= 4 is 12.0 Å². The summed E-state index contributed by atoms with van der Waals surface area (Å²) in [6, 6.07) is -0.256. The fourth-order valence-corrected chi connectivity index (χ4v) is 2.26. The molecule has 2 amide bonds. The molecule has 0 saturated heterocycles. The summed E-state index contributed by atoms with van der Waals surface area (Å²) in [4.78, 5) is 24.4. The Balaban J connectivity index is 2.31. The second kappa shape index (κ2) is 6.75. The molecule has 0 spiro atoms. The zero-order valence-electron chi connectivity index (χ0n) is 11.8. The molecule has 110 valence electrons. The van der Waals surface area contributed by atoms with Crippen LogP contribution >= 0.6 is 0 Å². The van der Waals surface area contributed by atoms with Gasteiger partial charge in [0.25, 0.3) is 0 Å². The first kappa shape index (κ1) is 15.8. The van der Waals surface area contributed by atoms with Crippen molar-refractivity contribution in [3.8, 4) is 0 Å². The second-order valence-corrected chi connectivity index (χ2v) is 5.75. The molecule has 0 heterocycles. The van der Waals surface area contributed by atoms with Gasteiger partial charge in [0.1, 0.15) is 0 Å². The molecule has 0 aliphatic heterocycles. The summed E-state index contributed by atoms with van der Waals surface area (Å²) in [7, 11) is 1.69. The molecule has 1 fully saturated rings. The molecule has 1 rings (SSSR count). The zero-order valence-corrected chi connectivity index (χ0v) is 11.8. The number of aliphatic hydroxyl groups excluding tert-OH is 1. The lowest BCUT2D eigenvalue weighted by Gasteiger charge is -2.34. The third-order valence-electron chi connectivity index (χ3n) is 3.68. The van der Waals surface area contributed by atoms with Gasteiger partial charge in [-0.25, -0.2) is 4.79 Å². The number of aliphatic hydroxyl groups is 1. The van der Waals surface area contributed by atoms with Crippen LogP contribution in [0.3, 0.4) is 0 Å². The molecule has 0 aromatic carbocycles. The van der Waals surface area contributed by atoms with Crippen molar-refractivity contribution in [3.05, 3.63) is 0 Å². The zero-order chi connectivity index (χ0) is 14.6. The van der Waals surface area contributed by atoms with E-state index < -0.39 is 11.9 Å². The lowest BCUT2D eigenvalue weighted by atomic mass is 9.82. The van der Waals surface area contributed by atoms with E-state index in [9.17, 15) is 14.7 Å². The number of amides is 2. The molecule has 1 saturated carbocycles. The van der Waals surface area contributed by atoms with Crippen molar-refractivity contribution in [1.82, 2.24) is 10.2 Å². The fourth-order valence-electron chi connectivity index (χ4n) is 2.26. The summed E-state index contributed by atoms with van der Waals surface area (Å²) in [6.07, 6.45) is 1.25. The maximum absolute atomic E-state index is 11.8. The van der Waals surface area contributed by atoms with E-state index in [4.69, 9.17) is 5.11 Å². The SMILES string of the molecule is CC(C)C(CNC(=O)N(C)CC1CC(O)C1)C(=O)O. The quantitative estimate of drug-likeness (QED) is 0.665. The normalized spacial score (nSPS) is 23.6. The number of rotatable bonds is 6. The minimum Gasteiger partial charge on any atom is -0.481 e. The Morgan fingerprint density at radius 2 is 1.95 bits per heavy atom. The van der Waals surface area contributed by atoms with Crippen molar-refractivity contribution in [3.63, 3.8) is 0 Å². The molecule has 0 aromatic heterocycles. The molecule has 1 aliphatic carbocycles. The van der Waals surface area contributed by atoms with Crippen molar-refractivity contribution in [2.24, 2.45) is 17.8 Å². The number of carbonyl (C=O) groups is 2. The van der Waals surface area contributed by atoms with Crippen molar-refractivity contribution in [2.75, 3.05) is 20.1 Å². The Bertz CT molecular complexity index is 327. The number of carbonyl (C=O) groups excluding carboxylic acids is 1. The summed E-state index contributed by atoms with van der Waals surface area (Å²) < 4.78 is 0. The number of nitrogens with one attached hydrogen (secondary N) is 1. The smallest absolute Gasteiger partial charge is 0.317 e. The molecule has 19 heavy (non-hydrogen) atoms. The molecular weight excluding hydrogens is 248 g/mol. The molecule has 1 unspecified atom stereocenters. The van der Waals surface area contributed by atoms with Crippen LogP contribution in [-0.2, 0) is 4.79 Å². The molecule has 0 bridgehead atoms. The van der Waals surface area contributed by atoms with Crippen LogP contribution in [0.5, 0.6) is 0 Å². The summed E-state index contributed by atoms with van der Waals surface area (Å²) in [6.45, 7) is 4.39. The molecule has 0 radical (unpaired) electrons. The van der Waals surface area contributed by atoms with Crippen LogP contribution in [0.2, 0.25) is 0 Å². The van der Waals surface area contributed by atoms with Gasteiger partial charge >= 0.3 is 12.0 Å². The highest BCUT2D eigenvalue weighted by Gasteiger charge is 2.29. The van der Waals surface area contributed by atoms with Gasteiger partial charge in [0.05, 0.1) is 12.0 Å². The largest absolute Gasteiger partial charge is 0.481 e. The fraction of sp³-hybridized carbons (Fsp3) is 0.846. The number of hydrogen-bond donors (Lipinski definition) is 3. The highest BCUT2D eigenvalue weighted by molar-refractivity contribution is 5.75. The van der Waals surface area contributed by atoms with E-state index in [1.807, 2.05) is 13.8 Å².